The first-order valence-corrected chi connectivity index (χ1v) is 6.04. The van der Waals surface area contributed by atoms with Gasteiger partial charge in [0.15, 0.2) is 0 Å². The molecule has 1 amide bonds. The number of carbonyl (C=O) groups is 2. The number of amides is 1. The van der Waals surface area contributed by atoms with Crippen LogP contribution in [0.4, 0.5) is 0 Å². The molecule has 0 radical (unpaired) electrons. The highest BCUT2D eigenvalue weighted by Gasteiger charge is 2.26. The van der Waals surface area contributed by atoms with Crippen LogP contribution in [0.2, 0.25) is 0 Å². The van der Waals surface area contributed by atoms with Crippen molar-refractivity contribution < 1.29 is 19.1 Å². The molecule has 1 atom stereocenters. The predicted molar refractivity (Wildman–Crippen MR) is 69.7 cm³/mol. The average Bonchev–Trinajstić information content (AvgIpc) is 2.72. The predicted octanol–water partition coefficient (Wildman–Crippen LogP) is 0.784. The lowest BCUT2D eigenvalue weighted by Crippen LogP contribution is -2.46. The van der Waals surface area contributed by atoms with E-state index in [0.717, 1.165) is 11.5 Å². The van der Waals surface area contributed by atoms with Gasteiger partial charge in [0.25, 0.3) is 0 Å². The molecule has 0 fully saturated rings. The van der Waals surface area contributed by atoms with Gasteiger partial charge in [-0.1, -0.05) is 13.8 Å². The molecule has 1 aromatic heterocycles. The van der Waals surface area contributed by atoms with E-state index in [1.807, 2.05) is 32.9 Å². The molecule has 0 spiro atoms. The second kappa shape index (κ2) is 5.88. The number of hydrogen-bond acceptors (Lipinski definition) is 4. The van der Waals surface area contributed by atoms with Gasteiger partial charge in [-0.2, -0.15) is 0 Å². The van der Waals surface area contributed by atoms with E-state index in [0.29, 0.717) is 6.54 Å². The lowest BCUT2D eigenvalue weighted by Gasteiger charge is -2.23. The molecule has 6 heteroatoms. The van der Waals surface area contributed by atoms with Crippen molar-refractivity contribution in [2.45, 2.75) is 38.6 Å². The summed E-state index contributed by atoms with van der Waals surface area (Å²) in [5, 5.41) is 11.2. The zero-order valence-corrected chi connectivity index (χ0v) is 11.4. The fraction of sp³-hybridized carbons (Fsp3) is 0.538. The number of carboxylic acid groups (broad SMARTS) is 1. The molecule has 106 valence electrons. The maximum absolute atomic E-state index is 11.6. The normalized spacial score (nSPS) is 13.1. The minimum atomic E-state index is -1.09. The van der Waals surface area contributed by atoms with Crippen molar-refractivity contribution >= 4 is 11.9 Å². The van der Waals surface area contributed by atoms with Crippen LogP contribution in [0.5, 0.6) is 0 Å². The van der Waals surface area contributed by atoms with E-state index in [1.165, 1.54) is 0 Å². The summed E-state index contributed by atoms with van der Waals surface area (Å²) in [7, 11) is 0. The molecule has 1 rings (SSSR count). The van der Waals surface area contributed by atoms with Gasteiger partial charge in [-0.25, -0.2) is 0 Å². The van der Waals surface area contributed by atoms with Crippen LogP contribution in [0, 0.1) is 6.92 Å². The van der Waals surface area contributed by atoms with Crippen molar-refractivity contribution in [3.8, 4) is 0 Å². The van der Waals surface area contributed by atoms with Crippen molar-refractivity contribution in [3.63, 3.8) is 0 Å². The Morgan fingerprint density at radius 3 is 2.58 bits per heavy atom. The molecule has 0 aliphatic heterocycles. The molecular formula is C13H20N2O4. The number of aryl methyl sites for hydroxylation is 1. The van der Waals surface area contributed by atoms with Crippen LogP contribution in [0.15, 0.2) is 16.5 Å². The Labute approximate surface area is 112 Å². The summed E-state index contributed by atoms with van der Waals surface area (Å²) < 4.78 is 5.53. The van der Waals surface area contributed by atoms with Gasteiger partial charge in [0.1, 0.15) is 11.5 Å². The molecule has 19 heavy (non-hydrogen) atoms. The van der Waals surface area contributed by atoms with Gasteiger partial charge in [0, 0.05) is 12.0 Å². The van der Waals surface area contributed by atoms with Gasteiger partial charge in [-0.15, -0.1) is 0 Å². The molecule has 6 nitrogen and oxygen atoms in total. The second-order valence-corrected chi connectivity index (χ2v) is 5.22. The largest absolute Gasteiger partial charge is 0.481 e. The molecule has 0 saturated carbocycles. The van der Waals surface area contributed by atoms with Gasteiger partial charge in [-0.3, -0.25) is 9.59 Å². The summed E-state index contributed by atoms with van der Waals surface area (Å²) in [5.41, 5.74) is 5.09. The maximum Gasteiger partial charge on any atom is 0.305 e. The highest BCUT2D eigenvalue weighted by molar-refractivity contribution is 5.85. The quantitative estimate of drug-likeness (QED) is 0.707. The summed E-state index contributed by atoms with van der Waals surface area (Å²) in [5.74, 6) is -0.00333. The maximum atomic E-state index is 11.6. The van der Waals surface area contributed by atoms with E-state index >= 15 is 0 Å². The third-order valence-corrected chi connectivity index (χ3v) is 2.84. The fourth-order valence-corrected chi connectivity index (χ4v) is 1.61. The highest BCUT2D eigenvalue weighted by atomic mass is 16.4. The molecule has 0 aliphatic carbocycles. The molecule has 0 aliphatic rings. The van der Waals surface area contributed by atoms with Gasteiger partial charge in [0.05, 0.1) is 12.5 Å². The summed E-state index contributed by atoms with van der Waals surface area (Å²) in [6.07, 6.45) is -0.383. The minimum Gasteiger partial charge on any atom is -0.481 e. The van der Waals surface area contributed by atoms with E-state index < -0.39 is 17.9 Å². The Morgan fingerprint density at radius 1 is 1.47 bits per heavy atom. The molecule has 1 aromatic rings. The number of nitrogens with one attached hydrogen (secondary N) is 1. The zero-order valence-electron chi connectivity index (χ0n) is 11.4. The molecular weight excluding hydrogens is 248 g/mol. The number of rotatable bonds is 6. The Bertz CT molecular complexity index is 465. The number of hydrogen-bond donors (Lipinski definition) is 3. The standard InChI is InChI=1S/C13H20N2O4/c1-8-4-5-10(19-8)13(2,3)7-15-12(18)9(14)6-11(16)17/h4-5,9H,6-7,14H2,1-3H3,(H,15,18)(H,16,17). The highest BCUT2D eigenvalue weighted by Crippen LogP contribution is 2.24. The van der Waals surface area contributed by atoms with Crippen LogP contribution >= 0.6 is 0 Å². The summed E-state index contributed by atoms with van der Waals surface area (Å²) in [6, 6.07) is 2.68. The van der Waals surface area contributed by atoms with Crippen molar-refractivity contribution in [2.75, 3.05) is 6.54 Å². The SMILES string of the molecule is Cc1ccc(C(C)(C)CNC(=O)C(N)CC(=O)O)o1. The van der Waals surface area contributed by atoms with E-state index in [9.17, 15) is 9.59 Å². The molecule has 1 unspecified atom stereocenters. The van der Waals surface area contributed by atoms with Crippen LogP contribution in [0.25, 0.3) is 0 Å². The van der Waals surface area contributed by atoms with Gasteiger partial charge < -0.3 is 20.6 Å². The molecule has 0 saturated heterocycles. The lowest BCUT2D eigenvalue weighted by atomic mass is 9.90. The van der Waals surface area contributed by atoms with E-state index in [4.69, 9.17) is 15.3 Å². The summed E-state index contributed by atoms with van der Waals surface area (Å²) >= 11 is 0. The Kier molecular flexibility index (Phi) is 4.72. The first-order valence-electron chi connectivity index (χ1n) is 6.04. The monoisotopic (exact) mass is 268 g/mol. The van der Waals surface area contributed by atoms with E-state index in [1.54, 1.807) is 0 Å². The summed E-state index contributed by atoms with van der Waals surface area (Å²) in [6.45, 7) is 6.02. The third kappa shape index (κ3) is 4.40. The Hall–Kier alpha value is -1.82. The van der Waals surface area contributed by atoms with Crippen LogP contribution in [-0.2, 0) is 15.0 Å². The number of carbonyl (C=O) groups excluding carboxylic acids is 1. The van der Waals surface area contributed by atoms with E-state index in [-0.39, 0.29) is 11.8 Å². The minimum absolute atomic E-state index is 0.326. The van der Waals surface area contributed by atoms with Crippen LogP contribution in [0.1, 0.15) is 31.8 Å². The first kappa shape index (κ1) is 15.2. The van der Waals surface area contributed by atoms with Crippen LogP contribution in [0.3, 0.4) is 0 Å². The van der Waals surface area contributed by atoms with Crippen LogP contribution < -0.4 is 11.1 Å². The summed E-state index contributed by atoms with van der Waals surface area (Å²) in [4.78, 5) is 22.1. The Balaban J connectivity index is 2.56. The van der Waals surface area contributed by atoms with Gasteiger partial charge in [-0.05, 0) is 19.1 Å². The number of furan rings is 1. The smallest absolute Gasteiger partial charge is 0.305 e. The second-order valence-electron chi connectivity index (χ2n) is 5.22. The number of aliphatic carboxylic acids is 1. The molecule has 4 N–H and O–H groups in total. The Morgan fingerprint density at radius 2 is 2.11 bits per heavy atom. The number of carboxylic acids is 1. The van der Waals surface area contributed by atoms with Gasteiger partial charge in [0.2, 0.25) is 5.91 Å². The number of nitrogens with two attached hydrogens (primary N) is 1. The molecule has 0 aromatic carbocycles. The van der Waals surface area contributed by atoms with Gasteiger partial charge >= 0.3 is 5.97 Å². The first-order chi connectivity index (χ1) is 8.72. The van der Waals surface area contributed by atoms with Crippen molar-refractivity contribution in [2.24, 2.45) is 5.73 Å². The zero-order chi connectivity index (χ0) is 14.6. The molecule has 0 bridgehead atoms. The van der Waals surface area contributed by atoms with Crippen molar-refractivity contribution in [3.05, 3.63) is 23.7 Å². The van der Waals surface area contributed by atoms with Crippen LogP contribution in [-0.4, -0.2) is 29.6 Å². The molecule has 1 heterocycles. The fourth-order valence-electron chi connectivity index (χ4n) is 1.61. The van der Waals surface area contributed by atoms with Crippen molar-refractivity contribution in [1.82, 2.24) is 5.32 Å². The third-order valence-electron chi connectivity index (χ3n) is 2.84. The lowest BCUT2D eigenvalue weighted by molar-refractivity contribution is -0.139. The van der Waals surface area contributed by atoms with E-state index in [2.05, 4.69) is 5.32 Å². The average molecular weight is 268 g/mol. The van der Waals surface area contributed by atoms with Crippen molar-refractivity contribution in [1.29, 1.82) is 0 Å². The topological polar surface area (TPSA) is 106 Å².